The van der Waals surface area contributed by atoms with Gasteiger partial charge in [0.05, 0.1) is 11.6 Å². The van der Waals surface area contributed by atoms with E-state index in [0.717, 1.165) is 35.0 Å². The van der Waals surface area contributed by atoms with Crippen molar-refractivity contribution in [2.75, 3.05) is 11.9 Å². The fraction of sp³-hybridized carbons (Fsp3) is 0.267. The molecular formula is C15H16N2. The van der Waals surface area contributed by atoms with E-state index in [-0.39, 0.29) is 0 Å². The molecule has 1 N–H and O–H groups in total. The summed E-state index contributed by atoms with van der Waals surface area (Å²) < 4.78 is 0. The van der Waals surface area contributed by atoms with Crippen LogP contribution in [0.5, 0.6) is 0 Å². The number of hydrogen-bond acceptors (Lipinski definition) is 2. The number of nitriles is 1. The zero-order valence-corrected chi connectivity index (χ0v) is 10.0. The molecule has 2 nitrogen and oxygen atoms in total. The Bertz CT molecular complexity index is 552. The van der Waals surface area contributed by atoms with Crippen molar-refractivity contribution < 1.29 is 0 Å². The second-order valence-corrected chi connectivity index (χ2v) is 4.10. The molecule has 0 aromatic heterocycles. The number of benzene rings is 2. The van der Waals surface area contributed by atoms with Crippen LogP contribution in [0.1, 0.15) is 25.3 Å². The standard InChI is InChI=1S/C15H16N2/c1-2-3-10-17-15-9-8-12(11-16)13-6-4-5-7-14(13)15/h4-9,17H,2-3,10H2,1H3. The molecule has 0 saturated carbocycles. The third-order valence-corrected chi connectivity index (χ3v) is 2.89. The minimum Gasteiger partial charge on any atom is -0.385 e. The minimum atomic E-state index is 0.738. The average Bonchev–Trinajstić information content (AvgIpc) is 2.39. The van der Waals surface area contributed by atoms with Gasteiger partial charge in [0.15, 0.2) is 0 Å². The highest BCUT2D eigenvalue weighted by Crippen LogP contribution is 2.26. The Balaban J connectivity index is 2.41. The van der Waals surface area contributed by atoms with Gasteiger partial charge in [0.25, 0.3) is 0 Å². The van der Waals surface area contributed by atoms with Crippen LogP contribution in [0, 0.1) is 11.3 Å². The normalized spacial score (nSPS) is 10.1. The van der Waals surface area contributed by atoms with E-state index in [2.05, 4.69) is 24.4 Å². The van der Waals surface area contributed by atoms with Crippen LogP contribution < -0.4 is 5.32 Å². The van der Waals surface area contributed by atoms with Crippen LogP contribution >= 0.6 is 0 Å². The SMILES string of the molecule is CCCCNc1ccc(C#N)c2ccccc12. The molecule has 2 heteroatoms. The van der Waals surface area contributed by atoms with E-state index in [1.165, 1.54) is 6.42 Å². The zero-order valence-electron chi connectivity index (χ0n) is 10.0. The average molecular weight is 224 g/mol. The molecule has 0 aliphatic heterocycles. The number of unbranched alkanes of at least 4 members (excludes halogenated alkanes) is 1. The first kappa shape index (κ1) is 11.5. The summed E-state index contributed by atoms with van der Waals surface area (Å²) >= 11 is 0. The highest BCUT2D eigenvalue weighted by molar-refractivity contribution is 5.97. The van der Waals surface area contributed by atoms with Crippen LogP contribution in [-0.2, 0) is 0 Å². The van der Waals surface area contributed by atoms with Crippen LogP contribution in [0.3, 0.4) is 0 Å². The molecule has 17 heavy (non-hydrogen) atoms. The summed E-state index contributed by atoms with van der Waals surface area (Å²) in [5, 5.41) is 14.7. The van der Waals surface area contributed by atoms with Gasteiger partial charge < -0.3 is 5.32 Å². The van der Waals surface area contributed by atoms with Crippen molar-refractivity contribution in [2.24, 2.45) is 0 Å². The Hall–Kier alpha value is -2.01. The van der Waals surface area contributed by atoms with Crippen LogP contribution in [-0.4, -0.2) is 6.54 Å². The number of anilines is 1. The Labute approximate surface area is 102 Å². The summed E-state index contributed by atoms with van der Waals surface area (Å²) in [7, 11) is 0. The highest BCUT2D eigenvalue weighted by atomic mass is 14.9. The molecule has 2 aromatic rings. The molecule has 0 aliphatic carbocycles. The van der Waals surface area contributed by atoms with Gasteiger partial charge >= 0.3 is 0 Å². The predicted molar refractivity (Wildman–Crippen MR) is 72.1 cm³/mol. The van der Waals surface area contributed by atoms with Crippen molar-refractivity contribution in [2.45, 2.75) is 19.8 Å². The van der Waals surface area contributed by atoms with Crippen LogP contribution in [0.15, 0.2) is 36.4 Å². The van der Waals surface area contributed by atoms with Crippen molar-refractivity contribution in [1.29, 1.82) is 5.26 Å². The quantitative estimate of drug-likeness (QED) is 0.799. The van der Waals surface area contributed by atoms with Gasteiger partial charge in [-0.15, -0.1) is 0 Å². The second kappa shape index (κ2) is 5.36. The van der Waals surface area contributed by atoms with Crippen molar-refractivity contribution in [3.05, 3.63) is 42.0 Å². The van der Waals surface area contributed by atoms with E-state index in [4.69, 9.17) is 5.26 Å². The zero-order chi connectivity index (χ0) is 12.1. The van der Waals surface area contributed by atoms with Crippen molar-refractivity contribution in [3.8, 4) is 6.07 Å². The van der Waals surface area contributed by atoms with Gasteiger partial charge in [-0.1, -0.05) is 37.6 Å². The van der Waals surface area contributed by atoms with E-state index in [9.17, 15) is 0 Å². The van der Waals surface area contributed by atoms with E-state index >= 15 is 0 Å². The lowest BCUT2D eigenvalue weighted by Crippen LogP contribution is -2.01. The maximum Gasteiger partial charge on any atom is 0.0998 e. The molecule has 86 valence electrons. The molecule has 0 heterocycles. The van der Waals surface area contributed by atoms with Crippen molar-refractivity contribution in [3.63, 3.8) is 0 Å². The van der Waals surface area contributed by atoms with Gasteiger partial charge in [-0.3, -0.25) is 0 Å². The lowest BCUT2D eigenvalue weighted by Gasteiger charge is -2.10. The molecule has 2 aromatic carbocycles. The van der Waals surface area contributed by atoms with Gasteiger partial charge in [0.2, 0.25) is 0 Å². The van der Waals surface area contributed by atoms with E-state index in [1.807, 2.05) is 30.3 Å². The van der Waals surface area contributed by atoms with E-state index < -0.39 is 0 Å². The molecule has 0 bridgehead atoms. The van der Waals surface area contributed by atoms with Gasteiger partial charge in [-0.05, 0) is 18.6 Å². The summed E-state index contributed by atoms with van der Waals surface area (Å²) in [5.41, 5.74) is 1.86. The lowest BCUT2D eigenvalue weighted by atomic mass is 10.0. The van der Waals surface area contributed by atoms with Crippen molar-refractivity contribution in [1.82, 2.24) is 0 Å². The summed E-state index contributed by atoms with van der Waals surface area (Å²) in [6, 6.07) is 14.2. The minimum absolute atomic E-state index is 0.738. The first-order valence-corrected chi connectivity index (χ1v) is 6.02. The van der Waals surface area contributed by atoms with Gasteiger partial charge in [0.1, 0.15) is 0 Å². The summed E-state index contributed by atoms with van der Waals surface area (Å²) in [5.74, 6) is 0. The highest BCUT2D eigenvalue weighted by Gasteiger charge is 2.04. The third-order valence-electron chi connectivity index (χ3n) is 2.89. The van der Waals surface area contributed by atoms with Crippen LogP contribution in [0.25, 0.3) is 10.8 Å². The summed E-state index contributed by atoms with van der Waals surface area (Å²) in [6.07, 6.45) is 2.34. The fourth-order valence-electron chi connectivity index (χ4n) is 1.95. The smallest absolute Gasteiger partial charge is 0.0998 e. The fourth-order valence-corrected chi connectivity index (χ4v) is 1.95. The monoisotopic (exact) mass is 224 g/mol. The van der Waals surface area contributed by atoms with Crippen molar-refractivity contribution >= 4 is 16.5 Å². The molecule has 0 saturated heterocycles. The Morgan fingerprint density at radius 2 is 1.88 bits per heavy atom. The summed E-state index contributed by atoms with van der Waals surface area (Å²) in [4.78, 5) is 0. The number of hydrogen-bond donors (Lipinski definition) is 1. The van der Waals surface area contributed by atoms with Crippen LogP contribution in [0.4, 0.5) is 5.69 Å². The van der Waals surface area contributed by atoms with Gasteiger partial charge in [-0.2, -0.15) is 5.26 Å². The molecule has 2 rings (SSSR count). The summed E-state index contributed by atoms with van der Waals surface area (Å²) in [6.45, 7) is 3.16. The molecule has 0 fully saturated rings. The second-order valence-electron chi connectivity index (χ2n) is 4.10. The molecule has 0 spiro atoms. The topological polar surface area (TPSA) is 35.8 Å². The maximum atomic E-state index is 9.07. The first-order valence-electron chi connectivity index (χ1n) is 6.02. The molecular weight excluding hydrogens is 208 g/mol. The predicted octanol–water partition coefficient (Wildman–Crippen LogP) is 3.92. The van der Waals surface area contributed by atoms with E-state index in [1.54, 1.807) is 0 Å². The number of fused-ring (bicyclic) bond motifs is 1. The third kappa shape index (κ3) is 2.39. The van der Waals surface area contributed by atoms with E-state index in [0.29, 0.717) is 0 Å². The van der Waals surface area contributed by atoms with Gasteiger partial charge in [-0.25, -0.2) is 0 Å². The molecule has 0 amide bonds. The molecule has 0 unspecified atom stereocenters. The lowest BCUT2D eigenvalue weighted by molar-refractivity contribution is 0.835. The Morgan fingerprint density at radius 3 is 2.59 bits per heavy atom. The van der Waals surface area contributed by atoms with Crippen LogP contribution in [0.2, 0.25) is 0 Å². The first-order chi connectivity index (χ1) is 8.36. The molecule has 0 aliphatic rings. The molecule has 0 radical (unpaired) electrons. The molecule has 0 atom stereocenters. The largest absolute Gasteiger partial charge is 0.385 e. The van der Waals surface area contributed by atoms with Gasteiger partial charge in [0, 0.05) is 23.0 Å². The maximum absolute atomic E-state index is 9.07. The Kier molecular flexibility index (Phi) is 3.62. The number of rotatable bonds is 4. The Morgan fingerprint density at radius 1 is 1.12 bits per heavy atom. The number of nitrogens with one attached hydrogen (secondary N) is 1. The number of nitrogens with zero attached hydrogens (tertiary/aromatic N) is 1.